The van der Waals surface area contributed by atoms with Crippen molar-refractivity contribution in [1.82, 2.24) is 10.0 Å². The molecule has 2 aromatic carbocycles. The summed E-state index contributed by atoms with van der Waals surface area (Å²) in [6, 6.07) is 10.5. The third kappa shape index (κ3) is 5.03. The van der Waals surface area contributed by atoms with Gasteiger partial charge in [-0.2, -0.15) is 0 Å². The Morgan fingerprint density at radius 2 is 1.62 bits per heavy atom. The molecule has 138 valence electrons. The molecule has 0 aliphatic carbocycles. The molecule has 5 nitrogen and oxygen atoms in total. The van der Waals surface area contributed by atoms with Crippen molar-refractivity contribution in [2.24, 2.45) is 0 Å². The van der Waals surface area contributed by atoms with Gasteiger partial charge in [-0.25, -0.2) is 13.1 Å². The zero-order valence-electron chi connectivity index (χ0n) is 15.5. The van der Waals surface area contributed by atoms with Crippen LogP contribution in [0.4, 0.5) is 0 Å². The molecule has 0 aliphatic heterocycles. The molecule has 0 atom stereocenters. The van der Waals surface area contributed by atoms with Crippen LogP contribution in [-0.4, -0.2) is 21.4 Å². The van der Waals surface area contributed by atoms with Crippen LogP contribution in [0, 0.1) is 20.8 Å². The standard InChI is InChI=1S/C20H24N2O3S/c1-14-11-15(2)19(16(3)12-14)13-22-20(23)10-7-17-5-8-18(9-6-17)26(24,25)21-4/h5-12,21H,13H2,1-4H3,(H,22,23)/b10-7+. The Labute approximate surface area is 155 Å². The normalized spacial score (nSPS) is 11.7. The Morgan fingerprint density at radius 3 is 2.15 bits per heavy atom. The molecule has 26 heavy (non-hydrogen) atoms. The van der Waals surface area contributed by atoms with Gasteiger partial charge < -0.3 is 5.32 Å². The highest BCUT2D eigenvalue weighted by atomic mass is 32.2. The van der Waals surface area contributed by atoms with Crippen LogP contribution >= 0.6 is 0 Å². The Hall–Kier alpha value is -2.44. The van der Waals surface area contributed by atoms with Gasteiger partial charge in [0.15, 0.2) is 0 Å². The van der Waals surface area contributed by atoms with Gasteiger partial charge >= 0.3 is 0 Å². The van der Waals surface area contributed by atoms with Gasteiger partial charge in [0.1, 0.15) is 0 Å². The lowest BCUT2D eigenvalue weighted by molar-refractivity contribution is -0.116. The maximum atomic E-state index is 12.0. The molecule has 1 amide bonds. The lowest BCUT2D eigenvalue weighted by Crippen LogP contribution is -2.21. The molecule has 2 aromatic rings. The third-order valence-electron chi connectivity index (χ3n) is 4.17. The van der Waals surface area contributed by atoms with E-state index in [-0.39, 0.29) is 10.8 Å². The summed E-state index contributed by atoms with van der Waals surface area (Å²) in [6.45, 7) is 6.61. The molecule has 0 heterocycles. The number of benzene rings is 2. The van der Waals surface area contributed by atoms with Crippen molar-refractivity contribution in [3.05, 3.63) is 70.3 Å². The quantitative estimate of drug-likeness (QED) is 0.766. The summed E-state index contributed by atoms with van der Waals surface area (Å²) in [5.74, 6) is -0.198. The van der Waals surface area contributed by atoms with E-state index in [0.717, 1.165) is 22.3 Å². The third-order valence-corrected chi connectivity index (χ3v) is 5.60. The van der Waals surface area contributed by atoms with Crippen LogP contribution in [-0.2, 0) is 21.4 Å². The molecule has 0 spiro atoms. The van der Waals surface area contributed by atoms with E-state index >= 15 is 0 Å². The number of hydrogen-bond acceptors (Lipinski definition) is 3. The van der Waals surface area contributed by atoms with E-state index in [4.69, 9.17) is 0 Å². The Morgan fingerprint density at radius 1 is 1.04 bits per heavy atom. The molecule has 0 aromatic heterocycles. The number of aryl methyl sites for hydroxylation is 3. The van der Waals surface area contributed by atoms with Gasteiger partial charge in [-0.3, -0.25) is 4.79 Å². The molecule has 0 saturated heterocycles. The van der Waals surface area contributed by atoms with Crippen molar-refractivity contribution in [2.45, 2.75) is 32.2 Å². The number of carbonyl (C=O) groups excluding carboxylic acids is 1. The first-order chi connectivity index (χ1) is 12.2. The molecule has 0 saturated carbocycles. The molecule has 2 N–H and O–H groups in total. The average molecular weight is 372 g/mol. The predicted octanol–water partition coefficient (Wildman–Crippen LogP) is 2.85. The van der Waals surface area contributed by atoms with E-state index < -0.39 is 10.0 Å². The van der Waals surface area contributed by atoms with Crippen LogP contribution in [0.3, 0.4) is 0 Å². The van der Waals surface area contributed by atoms with Gasteiger partial charge in [-0.05, 0) is 68.3 Å². The minimum Gasteiger partial charge on any atom is -0.348 e. The largest absolute Gasteiger partial charge is 0.348 e. The van der Waals surface area contributed by atoms with E-state index in [2.05, 4.69) is 29.1 Å². The first-order valence-electron chi connectivity index (χ1n) is 8.29. The molecular weight excluding hydrogens is 348 g/mol. The summed E-state index contributed by atoms with van der Waals surface area (Å²) in [5, 5.41) is 2.88. The molecule has 0 bridgehead atoms. The first kappa shape index (κ1) is 19.9. The van der Waals surface area contributed by atoms with E-state index in [1.165, 1.54) is 30.8 Å². The number of nitrogens with one attached hydrogen (secondary N) is 2. The van der Waals surface area contributed by atoms with Gasteiger partial charge in [-0.15, -0.1) is 0 Å². The minimum atomic E-state index is -3.45. The van der Waals surface area contributed by atoms with Crippen molar-refractivity contribution in [3.8, 4) is 0 Å². The number of amides is 1. The number of rotatable bonds is 6. The lowest BCUT2D eigenvalue weighted by atomic mass is 10.00. The smallest absolute Gasteiger partial charge is 0.244 e. The second-order valence-corrected chi connectivity index (χ2v) is 8.09. The van der Waals surface area contributed by atoms with E-state index in [9.17, 15) is 13.2 Å². The molecule has 0 fully saturated rings. The van der Waals surface area contributed by atoms with Crippen molar-refractivity contribution < 1.29 is 13.2 Å². The molecule has 0 aliphatic rings. The predicted molar refractivity (Wildman–Crippen MR) is 104 cm³/mol. The SMILES string of the molecule is CNS(=O)(=O)c1ccc(/C=C/C(=O)NCc2c(C)cc(C)cc2C)cc1. The van der Waals surface area contributed by atoms with E-state index in [1.54, 1.807) is 18.2 Å². The van der Waals surface area contributed by atoms with Crippen LogP contribution in [0.1, 0.15) is 27.8 Å². The summed E-state index contributed by atoms with van der Waals surface area (Å²) in [6.07, 6.45) is 3.10. The van der Waals surface area contributed by atoms with Crippen LogP contribution in [0.15, 0.2) is 47.4 Å². The number of hydrogen-bond donors (Lipinski definition) is 2. The highest BCUT2D eigenvalue weighted by Gasteiger charge is 2.10. The average Bonchev–Trinajstić information content (AvgIpc) is 2.59. The molecular formula is C20H24N2O3S. The topological polar surface area (TPSA) is 75.3 Å². The summed E-state index contributed by atoms with van der Waals surface area (Å²) in [5.41, 5.74) is 5.40. The highest BCUT2D eigenvalue weighted by Crippen LogP contribution is 2.16. The Kier molecular flexibility index (Phi) is 6.34. The van der Waals surface area contributed by atoms with Crippen LogP contribution in [0.5, 0.6) is 0 Å². The van der Waals surface area contributed by atoms with Crippen molar-refractivity contribution in [1.29, 1.82) is 0 Å². The number of sulfonamides is 1. The Bertz CT molecular complexity index is 907. The van der Waals surface area contributed by atoms with Gasteiger partial charge in [-0.1, -0.05) is 29.8 Å². The fourth-order valence-corrected chi connectivity index (χ4v) is 3.50. The summed E-state index contributed by atoms with van der Waals surface area (Å²) < 4.78 is 25.6. The number of carbonyl (C=O) groups is 1. The second kappa shape index (κ2) is 8.29. The summed E-state index contributed by atoms with van der Waals surface area (Å²) >= 11 is 0. The first-order valence-corrected chi connectivity index (χ1v) is 9.77. The lowest BCUT2D eigenvalue weighted by Gasteiger charge is -2.11. The zero-order chi connectivity index (χ0) is 19.3. The van der Waals surface area contributed by atoms with Crippen molar-refractivity contribution >= 4 is 22.0 Å². The summed E-state index contributed by atoms with van der Waals surface area (Å²) in [7, 11) is -2.08. The van der Waals surface area contributed by atoms with Crippen molar-refractivity contribution in [2.75, 3.05) is 7.05 Å². The fourth-order valence-electron chi connectivity index (χ4n) is 2.77. The maximum Gasteiger partial charge on any atom is 0.244 e. The van der Waals surface area contributed by atoms with Crippen LogP contribution < -0.4 is 10.0 Å². The monoisotopic (exact) mass is 372 g/mol. The molecule has 0 radical (unpaired) electrons. The van der Waals surface area contributed by atoms with E-state index in [0.29, 0.717) is 6.54 Å². The molecule has 6 heteroatoms. The van der Waals surface area contributed by atoms with E-state index in [1.807, 2.05) is 13.8 Å². The van der Waals surface area contributed by atoms with Gasteiger partial charge in [0.2, 0.25) is 15.9 Å². The van der Waals surface area contributed by atoms with Crippen LogP contribution in [0.2, 0.25) is 0 Å². The van der Waals surface area contributed by atoms with Gasteiger partial charge in [0, 0.05) is 12.6 Å². The van der Waals surface area contributed by atoms with Gasteiger partial charge in [0.05, 0.1) is 4.90 Å². The highest BCUT2D eigenvalue weighted by molar-refractivity contribution is 7.89. The minimum absolute atomic E-state index is 0.187. The fraction of sp³-hybridized carbons (Fsp3) is 0.250. The maximum absolute atomic E-state index is 12.0. The van der Waals surface area contributed by atoms with Crippen molar-refractivity contribution in [3.63, 3.8) is 0 Å². The Balaban J connectivity index is 2.00. The summed E-state index contributed by atoms with van der Waals surface area (Å²) in [4.78, 5) is 12.2. The second-order valence-electron chi connectivity index (χ2n) is 6.21. The molecule has 0 unspecified atom stereocenters. The molecule has 2 rings (SSSR count). The van der Waals surface area contributed by atoms with Gasteiger partial charge in [0.25, 0.3) is 0 Å². The zero-order valence-corrected chi connectivity index (χ0v) is 16.3. The van der Waals surface area contributed by atoms with Crippen LogP contribution in [0.25, 0.3) is 6.08 Å².